The van der Waals surface area contributed by atoms with Crippen LogP contribution in [-0.2, 0) is 27.7 Å². The van der Waals surface area contributed by atoms with Crippen LogP contribution in [0, 0.1) is 11.8 Å². The maximum absolute atomic E-state index is 12.8. The molecule has 2 N–H and O–H groups in total. The van der Waals surface area contributed by atoms with E-state index in [1.165, 1.54) is 12.8 Å². The van der Waals surface area contributed by atoms with E-state index >= 15 is 0 Å². The molecule has 1 aromatic carbocycles. The van der Waals surface area contributed by atoms with Crippen molar-refractivity contribution in [2.75, 3.05) is 0 Å². The molecular formula is C18H23NO4S. The average molecular weight is 349 g/mol. The highest BCUT2D eigenvalue weighted by Crippen LogP contribution is 2.50. The summed E-state index contributed by atoms with van der Waals surface area (Å²) in [5, 5.41) is 9.17. The van der Waals surface area contributed by atoms with Gasteiger partial charge in [0.2, 0.25) is 10.0 Å². The molecule has 24 heavy (non-hydrogen) atoms. The monoisotopic (exact) mass is 349 g/mol. The first-order chi connectivity index (χ1) is 11.4. The molecule has 2 fully saturated rings. The van der Waals surface area contributed by atoms with E-state index in [-0.39, 0.29) is 10.4 Å². The summed E-state index contributed by atoms with van der Waals surface area (Å²) in [6.45, 7) is 0. The molecule has 2 saturated carbocycles. The predicted octanol–water partition coefficient (Wildman–Crippen LogP) is 2.49. The second-order valence-corrected chi connectivity index (χ2v) is 9.30. The molecule has 0 bridgehead atoms. The van der Waals surface area contributed by atoms with Gasteiger partial charge in [-0.15, -0.1) is 0 Å². The molecule has 0 saturated heterocycles. The van der Waals surface area contributed by atoms with Crippen molar-refractivity contribution in [3.8, 4) is 0 Å². The number of hydrogen-bond donors (Lipinski definition) is 2. The van der Waals surface area contributed by atoms with Crippen molar-refractivity contribution in [2.24, 2.45) is 11.8 Å². The minimum absolute atomic E-state index is 0.224. The fourth-order valence-corrected chi connectivity index (χ4v) is 6.04. The minimum atomic E-state index is -3.55. The number of nitrogens with one attached hydrogen (secondary N) is 1. The van der Waals surface area contributed by atoms with Gasteiger partial charge in [-0.25, -0.2) is 13.1 Å². The van der Waals surface area contributed by atoms with E-state index in [0.29, 0.717) is 18.8 Å². The molecular weight excluding hydrogens is 326 g/mol. The maximum Gasteiger partial charge on any atom is 0.307 e. The molecule has 1 unspecified atom stereocenters. The number of carbonyl (C=O) groups is 1. The van der Waals surface area contributed by atoms with Crippen molar-refractivity contribution in [3.05, 3.63) is 29.3 Å². The molecule has 0 spiro atoms. The highest BCUT2D eigenvalue weighted by atomic mass is 32.2. The number of sulfonamides is 1. The Morgan fingerprint density at radius 1 is 1.12 bits per heavy atom. The van der Waals surface area contributed by atoms with Crippen LogP contribution in [0.2, 0.25) is 0 Å². The second-order valence-electron chi connectivity index (χ2n) is 7.62. The third-order valence-electron chi connectivity index (χ3n) is 6.03. The van der Waals surface area contributed by atoms with E-state index in [1.54, 1.807) is 18.2 Å². The molecule has 130 valence electrons. The lowest BCUT2D eigenvalue weighted by Crippen LogP contribution is -2.41. The topological polar surface area (TPSA) is 83.5 Å². The normalized spacial score (nSPS) is 25.6. The summed E-state index contributed by atoms with van der Waals surface area (Å²) in [5.74, 6) is -0.774. The lowest BCUT2D eigenvalue weighted by molar-refractivity contribution is -0.141. The molecule has 0 aromatic heterocycles. The van der Waals surface area contributed by atoms with Crippen molar-refractivity contribution in [3.63, 3.8) is 0 Å². The Kier molecular flexibility index (Phi) is 3.73. The Morgan fingerprint density at radius 2 is 1.79 bits per heavy atom. The molecule has 4 rings (SSSR count). The first-order valence-corrected chi connectivity index (χ1v) is 10.3. The van der Waals surface area contributed by atoms with Crippen LogP contribution < -0.4 is 4.72 Å². The van der Waals surface area contributed by atoms with Gasteiger partial charge in [-0.3, -0.25) is 4.79 Å². The second kappa shape index (κ2) is 5.56. The van der Waals surface area contributed by atoms with Crippen LogP contribution in [0.15, 0.2) is 23.1 Å². The molecule has 0 aliphatic heterocycles. The predicted molar refractivity (Wildman–Crippen MR) is 89.2 cm³/mol. The number of fused-ring (bicyclic) bond motifs is 1. The molecule has 6 heteroatoms. The van der Waals surface area contributed by atoms with Crippen molar-refractivity contribution in [1.29, 1.82) is 0 Å². The first kappa shape index (κ1) is 16.1. The summed E-state index contributed by atoms with van der Waals surface area (Å²) in [5.41, 5.74) is 1.59. The van der Waals surface area contributed by atoms with Gasteiger partial charge in [-0.2, -0.15) is 0 Å². The maximum atomic E-state index is 12.8. The Balaban J connectivity index is 1.56. The summed E-state index contributed by atoms with van der Waals surface area (Å²) in [6.07, 6.45) is 7.41. The lowest BCUT2D eigenvalue weighted by Gasteiger charge is -2.24. The van der Waals surface area contributed by atoms with Crippen LogP contribution in [0.4, 0.5) is 0 Å². The van der Waals surface area contributed by atoms with Crippen LogP contribution >= 0.6 is 0 Å². The molecule has 3 aliphatic rings. The van der Waals surface area contributed by atoms with E-state index in [4.69, 9.17) is 5.11 Å². The van der Waals surface area contributed by atoms with Gasteiger partial charge in [-0.1, -0.05) is 18.9 Å². The van der Waals surface area contributed by atoms with Crippen molar-refractivity contribution in [1.82, 2.24) is 4.72 Å². The number of rotatable bonds is 5. The average Bonchev–Trinajstić information content (AvgIpc) is 2.99. The number of aliphatic carboxylic acids is 1. The van der Waals surface area contributed by atoms with Gasteiger partial charge in [-0.05, 0) is 67.7 Å². The number of benzene rings is 1. The fraction of sp³-hybridized carbons (Fsp3) is 0.611. The largest absolute Gasteiger partial charge is 0.481 e. The summed E-state index contributed by atoms with van der Waals surface area (Å²) >= 11 is 0. The Hall–Kier alpha value is -1.40. The van der Waals surface area contributed by atoms with E-state index in [1.807, 2.05) is 0 Å². The van der Waals surface area contributed by atoms with Crippen molar-refractivity contribution < 1.29 is 18.3 Å². The zero-order valence-corrected chi connectivity index (χ0v) is 14.4. The smallest absolute Gasteiger partial charge is 0.307 e. The van der Waals surface area contributed by atoms with E-state index in [2.05, 4.69) is 4.72 Å². The number of carboxylic acids is 1. The molecule has 0 radical (unpaired) electrons. The SMILES string of the molecule is O=C(O)C1Cc2ccc(S(=O)(=O)NC3(C4CCCC4)CC3)cc2C1. The van der Waals surface area contributed by atoms with Gasteiger partial charge in [0.25, 0.3) is 0 Å². The standard InChI is InChI=1S/C18H23NO4S/c20-17(21)14-9-12-5-6-16(11-13(12)10-14)24(22,23)19-18(7-8-18)15-3-1-2-4-15/h5-6,11,14-15,19H,1-4,7-10H2,(H,20,21). The fourth-order valence-electron chi connectivity index (χ4n) is 4.47. The molecule has 5 nitrogen and oxygen atoms in total. The van der Waals surface area contributed by atoms with E-state index in [9.17, 15) is 13.2 Å². The third kappa shape index (κ3) is 2.75. The summed E-state index contributed by atoms with van der Waals surface area (Å²) in [4.78, 5) is 11.4. The summed E-state index contributed by atoms with van der Waals surface area (Å²) in [6, 6.07) is 5.07. The van der Waals surface area contributed by atoms with E-state index < -0.39 is 21.9 Å². The van der Waals surface area contributed by atoms with Gasteiger partial charge >= 0.3 is 5.97 Å². The van der Waals surface area contributed by atoms with Crippen LogP contribution in [0.1, 0.15) is 49.7 Å². The first-order valence-electron chi connectivity index (χ1n) is 8.78. The van der Waals surface area contributed by atoms with Crippen LogP contribution in [0.3, 0.4) is 0 Å². The molecule has 3 aliphatic carbocycles. The van der Waals surface area contributed by atoms with E-state index in [0.717, 1.165) is 36.8 Å². The number of carboxylic acid groups (broad SMARTS) is 1. The highest BCUT2D eigenvalue weighted by molar-refractivity contribution is 7.89. The van der Waals surface area contributed by atoms with Crippen LogP contribution in [-0.4, -0.2) is 25.0 Å². The third-order valence-corrected chi connectivity index (χ3v) is 7.58. The van der Waals surface area contributed by atoms with Gasteiger partial charge in [0.15, 0.2) is 0 Å². The van der Waals surface area contributed by atoms with Gasteiger partial charge < -0.3 is 5.11 Å². The van der Waals surface area contributed by atoms with Crippen molar-refractivity contribution >= 4 is 16.0 Å². The highest BCUT2D eigenvalue weighted by Gasteiger charge is 2.52. The zero-order chi connectivity index (χ0) is 16.9. The molecule has 1 aromatic rings. The Bertz CT molecular complexity index is 776. The number of hydrogen-bond acceptors (Lipinski definition) is 3. The molecule has 1 atom stereocenters. The van der Waals surface area contributed by atoms with Gasteiger partial charge in [0.05, 0.1) is 10.8 Å². The summed E-state index contributed by atoms with van der Waals surface area (Å²) < 4.78 is 28.6. The van der Waals surface area contributed by atoms with Crippen LogP contribution in [0.5, 0.6) is 0 Å². The quantitative estimate of drug-likeness (QED) is 0.855. The minimum Gasteiger partial charge on any atom is -0.481 e. The molecule has 0 heterocycles. The van der Waals surface area contributed by atoms with Gasteiger partial charge in [0.1, 0.15) is 0 Å². The lowest BCUT2D eigenvalue weighted by atomic mass is 9.97. The van der Waals surface area contributed by atoms with Gasteiger partial charge in [0, 0.05) is 5.54 Å². The zero-order valence-electron chi connectivity index (χ0n) is 13.6. The van der Waals surface area contributed by atoms with Crippen molar-refractivity contribution in [2.45, 2.75) is 61.8 Å². The Morgan fingerprint density at radius 3 is 2.42 bits per heavy atom. The molecule has 0 amide bonds. The van der Waals surface area contributed by atoms with Crippen LogP contribution in [0.25, 0.3) is 0 Å². The Labute approximate surface area is 142 Å². The summed E-state index contributed by atoms with van der Waals surface area (Å²) in [7, 11) is -3.55.